The quantitative estimate of drug-likeness (QED) is 0.545. The van der Waals surface area contributed by atoms with Crippen molar-refractivity contribution in [3.05, 3.63) is 19.9 Å². The summed E-state index contributed by atoms with van der Waals surface area (Å²) < 4.78 is 0. The first-order chi connectivity index (χ1) is 3.00. The standard InChI is InChI=1S/2O2.H4P2.2H2S/c3*1-2;;/h;;1-2H2;2*1H2. The van der Waals surface area contributed by atoms with Crippen molar-refractivity contribution in [3.8, 4) is 0 Å². The van der Waals surface area contributed by atoms with Crippen molar-refractivity contribution in [2.24, 2.45) is 0 Å². The maximum atomic E-state index is 7.00. The van der Waals surface area contributed by atoms with Gasteiger partial charge in [0.05, 0.1) is 0 Å². The van der Waals surface area contributed by atoms with Crippen molar-refractivity contribution >= 4 is 44.8 Å². The van der Waals surface area contributed by atoms with Gasteiger partial charge < -0.3 is 0 Å². The van der Waals surface area contributed by atoms with Gasteiger partial charge in [0.2, 0.25) is 0 Å². The third kappa shape index (κ3) is 388. The minimum atomic E-state index is 0. The zero-order chi connectivity index (χ0) is 6.00. The summed E-state index contributed by atoms with van der Waals surface area (Å²) in [5, 5.41) is 0. The van der Waals surface area contributed by atoms with E-state index in [0.29, 0.717) is 0 Å². The van der Waals surface area contributed by atoms with Crippen LogP contribution in [0.15, 0.2) is 0 Å². The first-order valence-corrected chi connectivity index (χ1v) is 3.33. The summed E-state index contributed by atoms with van der Waals surface area (Å²) in [5.74, 6) is 0. The van der Waals surface area contributed by atoms with E-state index in [0.717, 1.165) is 0 Å². The molecule has 0 amide bonds. The van der Waals surface area contributed by atoms with Crippen molar-refractivity contribution in [2.45, 2.75) is 0 Å². The molecule has 0 saturated heterocycles. The van der Waals surface area contributed by atoms with Gasteiger partial charge in [-0.1, -0.05) is 0 Å². The van der Waals surface area contributed by atoms with Crippen LogP contribution in [0.3, 0.4) is 0 Å². The SMILES string of the molecule is O=O.O=O.PP.S.S. The summed E-state index contributed by atoms with van der Waals surface area (Å²) in [7, 11) is 4.67. The van der Waals surface area contributed by atoms with Crippen molar-refractivity contribution in [1.82, 2.24) is 0 Å². The summed E-state index contributed by atoms with van der Waals surface area (Å²) in [4.78, 5) is 28.0. The number of hydrogen-bond donors (Lipinski definition) is 0. The summed E-state index contributed by atoms with van der Waals surface area (Å²) in [6.45, 7) is 0. The largest absolute Gasteiger partial charge is 0.197 e. The molecule has 0 saturated carbocycles. The first kappa shape index (κ1) is 37.3. The Morgan fingerprint density at radius 3 is 0.625 bits per heavy atom. The van der Waals surface area contributed by atoms with Crippen LogP contribution in [0.2, 0.25) is 0 Å². The van der Waals surface area contributed by atoms with E-state index in [1.807, 2.05) is 0 Å². The molecule has 0 radical (unpaired) electrons. The monoisotopic (exact) mass is 198 g/mol. The molecule has 0 bridgehead atoms. The zero-order valence-electron chi connectivity index (χ0n) is 3.79. The van der Waals surface area contributed by atoms with Gasteiger partial charge in [0.15, 0.2) is 0 Å². The fourth-order valence-corrected chi connectivity index (χ4v) is 0. The van der Waals surface area contributed by atoms with E-state index in [-0.39, 0.29) is 27.0 Å². The van der Waals surface area contributed by atoms with E-state index in [1.54, 1.807) is 0 Å². The molecule has 0 aromatic rings. The Morgan fingerprint density at radius 2 is 0.625 bits per heavy atom. The molecule has 4 nitrogen and oxygen atoms in total. The van der Waals surface area contributed by atoms with E-state index >= 15 is 0 Å². The van der Waals surface area contributed by atoms with Crippen molar-refractivity contribution in [1.29, 1.82) is 0 Å². The van der Waals surface area contributed by atoms with Gasteiger partial charge in [-0.15, -0.1) is 17.9 Å². The Bertz CT molecular complexity index is 14.0. The van der Waals surface area contributed by atoms with Gasteiger partial charge in [0, 0.05) is 19.9 Å². The Morgan fingerprint density at radius 1 is 0.625 bits per heavy atom. The third-order valence-corrected chi connectivity index (χ3v) is 0. The van der Waals surface area contributed by atoms with Crippen LogP contribution in [0.4, 0.5) is 0 Å². The third-order valence-electron chi connectivity index (χ3n) is 0. The van der Waals surface area contributed by atoms with Crippen molar-refractivity contribution < 1.29 is 0 Å². The highest BCUT2D eigenvalue weighted by Crippen LogP contribution is 1.86. The van der Waals surface area contributed by atoms with Crippen molar-refractivity contribution in [3.63, 3.8) is 0 Å². The molecule has 2 unspecified atom stereocenters. The van der Waals surface area contributed by atoms with Gasteiger partial charge in [-0.2, -0.15) is 27.0 Å². The molecule has 0 aliphatic carbocycles. The Balaban J connectivity index is -0.00000000500. The normalized spacial score (nSPS) is 1.75. The molecule has 54 valence electrons. The smallest absolute Gasteiger partial charge is 0 e. The lowest BCUT2D eigenvalue weighted by atomic mass is 15.3. The zero-order valence-corrected chi connectivity index (χ0v) is 8.10. The van der Waals surface area contributed by atoms with Crippen LogP contribution in [-0.4, -0.2) is 0 Å². The Kier molecular flexibility index (Phi) is 2860. The molecular weight excluding hydrogens is 190 g/mol. The van der Waals surface area contributed by atoms with E-state index in [1.165, 1.54) is 0 Å². The fourth-order valence-electron chi connectivity index (χ4n) is 0. The molecule has 0 spiro atoms. The highest BCUT2D eigenvalue weighted by Gasteiger charge is 0.882. The van der Waals surface area contributed by atoms with Gasteiger partial charge >= 0.3 is 0 Å². The summed E-state index contributed by atoms with van der Waals surface area (Å²) >= 11 is 0. The topological polar surface area (TPSA) is 68.3 Å². The molecule has 0 heterocycles. The highest BCUT2D eigenvalue weighted by molar-refractivity contribution is 7.92. The van der Waals surface area contributed by atoms with Gasteiger partial charge in [-0.05, 0) is 0 Å². The second kappa shape index (κ2) is 614. The summed E-state index contributed by atoms with van der Waals surface area (Å²) in [6.07, 6.45) is 0. The van der Waals surface area contributed by atoms with Crippen LogP contribution >= 0.6 is 44.8 Å². The highest BCUT2D eigenvalue weighted by atomic mass is 32.1. The van der Waals surface area contributed by atoms with E-state index in [4.69, 9.17) is 19.9 Å². The second-order valence-corrected chi connectivity index (χ2v) is 0. The Hall–Kier alpha value is 0.760. The van der Waals surface area contributed by atoms with Gasteiger partial charge in [-0.25, -0.2) is 0 Å². The molecule has 8 heteroatoms. The Labute approximate surface area is 65.2 Å². The minimum Gasteiger partial charge on any atom is -0.197 e. The van der Waals surface area contributed by atoms with Crippen LogP contribution in [0.1, 0.15) is 0 Å². The molecule has 0 aromatic carbocycles. The average Bonchev–Trinajstić information content (AvgIpc) is 1.81. The van der Waals surface area contributed by atoms with Crippen LogP contribution in [0, 0.1) is 19.9 Å². The summed E-state index contributed by atoms with van der Waals surface area (Å²) in [5.41, 5.74) is 0. The maximum Gasteiger partial charge on any atom is 0 e. The van der Waals surface area contributed by atoms with Gasteiger partial charge in [-0.3, -0.25) is 0 Å². The molecule has 0 aliphatic heterocycles. The van der Waals surface area contributed by atoms with Crippen LogP contribution in [0.5, 0.6) is 0 Å². The van der Waals surface area contributed by atoms with E-state index < -0.39 is 0 Å². The number of rotatable bonds is 0. The van der Waals surface area contributed by atoms with Gasteiger partial charge in [0.25, 0.3) is 0 Å². The molecule has 0 aliphatic rings. The van der Waals surface area contributed by atoms with E-state index in [2.05, 4.69) is 17.9 Å². The predicted octanol–water partition coefficient (Wildman–Crippen LogP) is 1.01. The molecular formula is H8O4P2S2. The van der Waals surface area contributed by atoms with E-state index in [9.17, 15) is 0 Å². The average molecular weight is 198 g/mol. The summed E-state index contributed by atoms with van der Waals surface area (Å²) in [6, 6.07) is 0. The predicted molar refractivity (Wildman–Crippen MR) is 53.7 cm³/mol. The lowest BCUT2D eigenvalue weighted by molar-refractivity contribution is 2.66. The van der Waals surface area contributed by atoms with Crippen molar-refractivity contribution in [2.75, 3.05) is 0 Å². The lowest BCUT2D eigenvalue weighted by Gasteiger charge is -1.12. The molecule has 8 heavy (non-hydrogen) atoms. The first-order valence-electron chi connectivity index (χ1n) is 0.667. The van der Waals surface area contributed by atoms with Crippen LogP contribution < -0.4 is 0 Å². The number of hydrogen-bond acceptors (Lipinski definition) is 4. The van der Waals surface area contributed by atoms with Crippen LogP contribution in [-0.2, 0) is 0 Å². The lowest BCUT2D eigenvalue weighted by Crippen LogP contribution is -0.674. The molecule has 0 rings (SSSR count). The maximum absolute atomic E-state index is 7.00. The molecule has 0 N–H and O–H groups in total. The molecule has 2 atom stereocenters. The minimum absolute atomic E-state index is 0. The molecule has 0 aromatic heterocycles. The van der Waals surface area contributed by atoms with Crippen LogP contribution in [0.25, 0.3) is 0 Å². The fraction of sp³-hybridized carbons (Fsp3) is 0. The second-order valence-electron chi connectivity index (χ2n) is 0. The van der Waals surface area contributed by atoms with Gasteiger partial charge in [0.1, 0.15) is 0 Å². The molecule has 0 fully saturated rings.